The highest BCUT2D eigenvalue weighted by Crippen LogP contribution is 2.28. The summed E-state index contributed by atoms with van der Waals surface area (Å²) in [5.41, 5.74) is 3.15. The van der Waals surface area contributed by atoms with Crippen molar-refractivity contribution in [1.29, 1.82) is 0 Å². The number of hydrogen-bond acceptors (Lipinski definition) is 3. The van der Waals surface area contributed by atoms with Crippen LogP contribution in [-0.4, -0.2) is 34.1 Å². The van der Waals surface area contributed by atoms with Crippen LogP contribution in [-0.2, 0) is 9.59 Å². The molecular formula is C13H19NO4. The van der Waals surface area contributed by atoms with Gasteiger partial charge in [0.25, 0.3) is 0 Å². The molecule has 0 saturated carbocycles. The maximum absolute atomic E-state index is 10.6. The molecule has 18 heavy (non-hydrogen) atoms. The fourth-order valence-corrected chi connectivity index (χ4v) is 2.02. The lowest BCUT2D eigenvalue weighted by atomic mass is 9.98. The smallest absolute Gasteiger partial charge is 0.303 e. The largest absolute Gasteiger partial charge is 0.481 e. The predicted molar refractivity (Wildman–Crippen MR) is 66.9 cm³/mol. The van der Waals surface area contributed by atoms with Crippen molar-refractivity contribution in [3.63, 3.8) is 0 Å². The molecular weight excluding hydrogens is 234 g/mol. The Hall–Kier alpha value is -1.78. The van der Waals surface area contributed by atoms with E-state index in [-0.39, 0.29) is 12.8 Å². The second-order valence-corrected chi connectivity index (χ2v) is 4.44. The first-order valence-corrected chi connectivity index (χ1v) is 5.96. The van der Waals surface area contributed by atoms with Gasteiger partial charge in [-0.25, -0.2) is 0 Å². The quantitative estimate of drug-likeness (QED) is 0.758. The van der Waals surface area contributed by atoms with Crippen molar-refractivity contribution in [2.24, 2.45) is 0 Å². The molecule has 0 aromatic rings. The molecule has 0 saturated heterocycles. The molecule has 5 heteroatoms. The van der Waals surface area contributed by atoms with Crippen LogP contribution < -0.4 is 0 Å². The summed E-state index contributed by atoms with van der Waals surface area (Å²) in [7, 11) is 1.89. The standard InChI is InChI=1S/C13H19NO4/c1-9-10(4-7-12(15)16)3-5-11(14(9)2)6-8-13(17)18/h5H,3-4,6-8H2,1-2H3,(H,15,16)(H,17,18). The zero-order valence-corrected chi connectivity index (χ0v) is 10.8. The number of rotatable bonds is 6. The minimum absolute atomic E-state index is 0.119. The van der Waals surface area contributed by atoms with E-state index in [0.717, 1.165) is 23.4 Å². The van der Waals surface area contributed by atoms with Gasteiger partial charge in [-0.3, -0.25) is 9.59 Å². The Bertz CT molecular complexity index is 409. The highest BCUT2D eigenvalue weighted by Gasteiger charge is 2.17. The maximum atomic E-state index is 10.6. The number of hydrogen-bond donors (Lipinski definition) is 2. The normalized spacial score (nSPS) is 15.7. The zero-order chi connectivity index (χ0) is 13.7. The summed E-state index contributed by atoms with van der Waals surface area (Å²) in [5.74, 6) is -1.60. The van der Waals surface area contributed by atoms with Crippen LogP contribution in [0.3, 0.4) is 0 Å². The van der Waals surface area contributed by atoms with E-state index in [1.165, 1.54) is 0 Å². The summed E-state index contributed by atoms with van der Waals surface area (Å²) >= 11 is 0. The molecule has 1 aliphatic rings. The van der Waals surface area contributed by atoms with Crippen LogP contribution in [0.25, 0.3) is 0 Å². The molecule has 0 aliphatic carbocycles. The van der Waals surface area contributed by atoms with Crippen LogP contribution in [0.1, 0.15) is 39.0 Å². The van der Waals surface area contributed by atoms with Crippen molar-refractivity contribution in [3.05, 3.63) is 23.0 Å². The molecule has 0 bridgehead atoms. The highest BCUT2D eigenvalue weighted by atomic mass is 16.4. The van der Waals surface area contributed by atoms with Gasteiger partial charge >= 0.3 is 11.9 Å². The first kappa shape index (κ1) is 14.3. The third kappa shape index (κ3) is 3.91. The van der Waals surface area contributed by atoms with Gasteiger partial charge in [0.2, 0.25) is 0 Å². The molecule has 0 spiro atoms. The molecule has 5 nitrogen and oxygen atoms in total. The number of carboxylic acids is 2. The van der Waals surface area contributed by atoms with Gasteiger partial charge in [0.1, 0.15) is 0 Å². The average Bonchev–Trinajstić information content (AvgIpc) is 2.29. The van der Waals surface area contributed by atoms with Gasteiger partial charge in [-0.05, 0) is 31.8 Å². The Kier molecular flexibility index (Phi) is 4.95. The minimum atomic E-state index is -0.803. The van der Waals surface area contributed by atoms with E-state index in [0.29, 0.717) is 12.8 Å². The van der Waals surface area contributed by atoms with Gasteiger partial charge in [0.15, 0.2) is 0 Å². The molecule has 0 unspecified atom stereocenters. The van der Waals surface area contributed by atoms with Crippen LogP contribution in [0.2, 0.25) is 0 Å². The Morgan fingerprint density at radius 3 is 2.33 bits per heavy atom. The summed E-state index contributed by atoms with van der Waals surface area (Å²) in [5, 5.41) is 17.3. The topological polar surface area (TPSA) is 77.8 Å². The molecule has 100 valence electrons. The molecule has 0 atom stereocenters. The van der Waals surface area contributed by atoms with E-state index >= 15 is 0 Å². The Balaban J connectivity index is 2.62. The fraction of sp³-hybridized carbons (Fsp3) is 0.538. The van der Waals surface area contributed by atoms with E-state index in [1.807, 2.05) is 24.9 Å². The van der Waals surface area contributed by atoms with Crippen molar-refractivity contribution in [2.75, 3.05) is 7.05 Å². The SMILES string of the molecule is CC1=C(CCC(=O)O)CC=C(CCC(=O)O)N1C. The summed E-state index contributed by atoms with van der Waals surface area (Å²) in [6.45, 7) is 1.95. The molecule has 2 N–H and O–H groups in total. The lowest BCUT2D eigenvalue weighted by Crippen LogP contribution is -2.21. The van der Waals surface area contributed by atoms with Crippen molar-refractivity contribution >= 4 is 11.9 Å². The molecule has 0 radical (unpaired) electrons. The summed E-state index contributed by atoms with van der Waals surface area (Å²) in [4.78, 5) is 23.1. The molecule has 1 heterocycles. The molecule has 1 aliphatic heterocycles. The van der Waals surface area contributed by atoms with Crippen LogP contribution in [0.4, 0.5) is 0 Å². The maximum Gasteiger partial charge on any atom is 0.303 e. The third-order valence-corrected chi connectivity index (χ3v) is 3.27. The number of nitrogens with zero attached hydrogens (tertiary/aromatic N) is 1. The van der Waals surface area contributed by atoms with Gasteiger partial charge in [-0.1, -0.05) is 6.08 Å². The van der Waals surface area contributed by atoms with E-state index in [1.54, 1.807) is 0 Å². The van der Waals surface area contributed by atoms with Gasteiger partial charge in [-0.15, -0.1) is 0 Å². The van der Waals surface area contributed by atoms with E-state index in [4.69, 9.17) is 10.2 Å². The van der Waals surface area contributed by atoms with Gasteiger partial charge in [0, 0.05) is 24.9 Å². The molecule has 0 amide bonds. The van der Waals surface area contributed by atoms with Crippen LogP contribution >= 0.6 is 0 Å². The highest BCUT2D eigenvalue weighted by molar-refractivity contribution is 5.67. The molecule has 0 fully saturated rings. The van der Waals surface area contributed by atoms with Gasteiger partial charge < -0.3 is 15.1 Å². The predicted octanol–water partition coefficient (Wildman–Crippen LogP) is 2.21. The lowest BCUT2D eigenvalue weighted by Gasteiger charge is -2.30. The molecule has 0 aromatic carbocycles. The van der Waals surface area contributed by atoms with E-state index in [2.05, 4.69) is 0 Å². The minimum Gasteiger partial charge on any atom is -0.481 e. The van der Waals surface area contributed by atoms with Crippen molar-refractivity contribution in [3.8, 4) is 0 Å². The summed E-state index contributed by atoms with van der Waals surface area (Å²) in [6.07, 6.45) is 4.03. The number of aliphatic carboxylic acids is 2. The number of allylic oxidation sites excluding steroid dienone is 4. The van der Waals surface area contributed by atoms with E-state index in [9.17, 15) is 9.59 Å². The number of carbonyl (C=O) groups is 2. The average molecular weight is 253 g/mol. The monoisotopic (exact) mass is 253 g/mol. The third-order valence-electron chi connectivity index (χ3n) is 3.27. The van der Waals surface area contributed by atoms with Crippen LogP contribution in [0, 0.1) is 0 Å². The zero-order valence-electron chi connectivity index (χ0n) is 10.8. The molecule has 1 rings (SSSR count). The Morgan fingerprint density at radius 2 is 1.78 bits per heavy atom. The van der Waals surface area contributed by atoms with Crippen LogP contribution in [0.5, 0.6) is 0 Å². The first-order valence-electron chi connectivity index (χ1n) is 5.96. The summed E-state index contributed by atoms with van der Waals surface area (Å²) in [6, 6.07) is 0. The number of carboxylic acid groups (broad SMARTS) is 2. The summed E-state index contributed by atoms with van der Waals surface area (Å²) < 4.78 is 0. The van der Waals surface area contributed by atoms with Crippen molar-refractivity contribution in [2.45, 2.75) is 39.0 Å². The van der Waals surface area contributed by atoms with Gasteiger partial charge in [-0.2, -0.15) is 0 Å². The second-order valence-electron chi connectivity index (χ2n) is 4.44. The Morgan fingerprint density at radius 1 is 1.22 bits per heavy atom. The van der Waals surface area contributed by atoms with Gasteiger partial charge in [0.05, 0.1) is 6.42 Å². The fourth-order valence-electron chi connectivity index (χ4n) is 2.02. The molecule has 0 aromatic heterocycles. The van der Waals surface area contributed by atoms with Crippen LogP contribution in [0.15, 0.2) is 23.0 Å². The first-order chi connectivity index (χ1) is 8.41. The lowest BCUT2D eigenvalue weighted by molar-refractivity contribution is -0.138. The second kappa shape index (κ2) is 6.23. The van der Waals surface area contributed by atoms with Crippen molar-refractivity contribution in [1.82, 2.24) is 4.90 Å². The van der Waals surface area contributed by atoms with Crippen molar-refractivity contribution < 1.29 is 19.8 Å². The Labute approximate surface area is 106 Å². The van der Waals surface area contributed by atoms with E-state index < -0.39 is 11.9 Å².